The second kappa shape index (κ2) is 3.17. The van der Waals surface area contributed by atoms with Gasteiger partial charge in [0.15, 0.2) is 0 Å². The fourth-order valence-corrected chi connectivity index (χ4v) is 0.878. The highest BCUT2D eigenvalue weighted by atomic mass is 35.5. The molecule has 4 heteroatoms. The van der Waals surface area contributed by atoms with Gasteiger partial charge in [-0.25, -0.2) is 4.39 Å². The number of hydrogen-bond acceptors (Lipinski definition) is 1. The number of pyridine rings is 1. The maximum Gasteiger partial charge on any atom is 0.117 e. The van der Waals surface area contributed by atoms with E-state index in [1.807, 2.05) is 0 Å². The highest BCUT2D eigenvalue weighted by molar-refractivity contribution is 6.42. The van der Waals surface area contributed by atoms with E-state index in [0.29, 0.717) is 5.56 Å². The largest absolute Gasteiger partial charge is 0.263 e. The van der Waals surface area contributed by atoms with Crippen LogP contribution in [0.15, 0.2) is 12.4 Å². The first-order valence-electron chi connectivity index (χ1n) is 2.59. The van der Waals surface area contributed by atoms with Gasteiger partial charge in [0.1, 0.15) is 6.67 Å². The third kappa shape index (κ3) is 1.39. The van der Waals surface area contributed by atoms with Crippen LogP contribution in [0.2, 0.25) is 10.0 Å². The molecule has 0 aliphatic heterocycles. The Kier molecular flexibility index (Phi) is 2.46. The lowest BCUT2D eigenvalue weighted by atomic mass is 10.3. The van der Waals surface area contributed by atoms with Crippen molar-refractivity contribution in [2.45, 2.75) is 6.67 Å². The van der Waals surface area contributed by atoms with Crippen LogP contribution < -0.4 is 0 Å². The Labute approximate surface area is 67.8 Å². The van der Waals surface area contributed by atoms with Crippen LogP contribution in [0.25, 0.3) is 0 Å². The summed E-state index contributed by atoms with van der Waals surface area (Å²) in [5.74, 6) is 0. The fourth-order valence-electron chi connectivity index (χ4n) is 0.553. The van der Waals surface area contributed by atoms with Crippen LogP contribution in [-0.4, -0.2) is 4.98 Å². The summed E-state index contributed by atoms with van der Waals surface area (Å²) in [7, 11) is 0. The quantitative estimate of drug-likeness (QED) is 0.647. The molecule has 10 heavy (non-hydrogen) atoms. The molecule has 0 amide bonds. The Morgan fingerprint density at radius 3 is 2.60 bits per heavy atom. The first-order chi connectivity index (χ1) is 4.75. The van der Waals surface area contributed by atoms with Gasteiger partial charge in [-0.2, -0.15) is 0 Å². The summed E-state index contributed by atoms with van der Waals surface area (Å²) in [6.07, 6.45) is 2.73. The Morgan fingerprint density at radius 1 is 1.40 bits per heavy atom. The molecule has 54 valence electrons. The summed E-state index contributed by atoms with van der Waals surface area (Å²) in [5, 5.41) is 0.538. The van der Waals surface area contributed by atoms with E-state index in [1.165, 1.54) is 12.4 Å². The molecule has 0 saturated heterocycles. The molecule has 0 aliphatic rings. The molecule has 0 radical (unpaired) electrons. The van der Waals surface area contributed by atoms with Crippen LogP contribution in [0, 0.1) is 0 Å². The van der Waals surface area contributed by atoms with Crippen LogP contribution >= 0.6 is 23.2 Å². The second-order valence-corrected chi connectivity index (χ2v) is 2.51. The highest BCUT2D eigenvalue weighted by Gasteiger charge is 2.02. The van der Waals surface area contributed by atoms with Gasteiger partial charge in [0, 0.05) is 18.0 Å². The number of rotatable bonds is 1. The average Bonchev–Trinajstić information content (AvgIpc) is 1.95. The van der Waals surface area contributed by atoms with Crippen LogP contribution in [-0.2, 0) is 6.67 Å². The van der Waals surface area contributed by atoms with Crippen molar-refractivity contribution in [3.05, 3.63) is 28.0 Å². The molecule has 1 aromatic heterocycles. The van der Waals surface area contributed by atoms with Gasteiger partial charge in [0.2, 0.25) is 0 Å². The Hall–Kier alpha value is -0.340. The number of halogens is 3. The smallest absolute Gasteiger partial charge is 0.117 e. The normalized spacial score (nSPS) is 9.90. The van der Waals surface area contributed by atoms with Gasteiger partial charge in [-0.1, -0.05) is 23.2 Å². The topological polar surface area (TPSA) is 12.9 Å². The Morgan fingerprint density at radius 2 is 2.10 bits per heavy atom. The summed E-state index contributed by atoms with van der Waals surface area (Å²) >= 11 is 11.1. The maximum atomic E-state index is 12.0. The molecule has 1 aromatic rings. The monoisotopic (exact) mass is 179 g/mol. The van der Waals surface area contributed by atoms with E-state index in [-0.39, 0.29) is 10.0 Å². The zero-order valence-electron chi connectivity index (χ0n) is 4.94. The number of hydrogen-bond donors (Lipinski definition) is 0. The number of alkyl halides is 1. The van der Waals surface area contributed by atoms with Gasteiger partial charge < -0.3 is 0 Å². The van der Waals surface area contributed by atoms with Gasteiger partial charge in [-0.05, 0) is 0 Å². The van der Waals surface area contributed by atoms with Crippen molar-refractivity contribution < 1.29 is 4.39 Å². The Bertz CT molecular complexity index is 239. The Balaban J connectivity index is 3.14. The molecule has 0 atom stereocenters. The van der Waals surface area contributed by atoms with Crippen molar-refractivity contribution in [2.24, 2.45) is 0 Å². The van der Waals surface area contributed by atoms with E-state index < -0.39 is 6.67 Å². The molecule has 1 heterocycles. The molecule has 0 unspecified atom stereocenters. The third-order valence-electron chi connectivity index (χ3n) is 1.05. The van der Waals surface area contributed by atoms with E-state index in [2.05, 4.69) is 4.98 Å². The summed E-state index contributed by atoms with van der Waals surface area (Å²) < 4.78 is 12.0. The van der Waals surface area contributed by atoms with Crippen LogP contribution in [0.4, 0.5) is 4.39 Å². The van der Waals surface area contributed by atoms with E-state index >= 15 is 0 Å². The third-order valence-corrected chi connectivity index (χ3v) is 1.88. The minimum atomic E-state index is -0.633. The average molecular weight is 180 g/mol. The maximum absolute atomic E-state index is 12.0. The van der Waals surface area contributed by atoms with Crippen LogP contribution in [0.3, 0.4) is 0 Å². The number of aromatic nitrogens is 1. The van der Waals surface area contributed by atoms with E-state index in [9.17, 15) is 4.39 Å². The lowest BCUT2D eigenvalue weighted by Gasteiger charge is -1.97. The van der Waals surface area contributed by atoms with Crippen LogP contribution in [0.5, 0.6) is 0 Å². The second-order valence-electron chi connectivity index (χ2n) is 1.73. The molecule has 0 saturated carbocycles. The minimum Gasteiger partial charge on any atom is -0.263 e. The SMILES string of the molecule is FCc1cncc(Cl)c1Cl. The van der Waals surface area contributed by atoms with Gasteiger partial charge >= 0.3 is 0 Å². The molecule has 0 bridgehead atoms. The molecule has 0 fully saturated rings. The molecule has 0 aromatic carbocycles. The van der Waals surface area contributed by atoms with Crippen molar-refractivity contribution in [1.82, 2.24) is 4.98 Å². The standard InChI is InChI=1S/C6H4Cl2FN/c7-5-3-10-2-4(1-9)6(5)8/h2-3H,1H2. The lowest BCUT2D eigenvalue weighted by Crippen LogP contribution is -1.83. The van der Waals surface area contributed by atoms with Crippen molar-refractivity contribution in [1.29, 1.82) is 0 Å². The van der Waals surface area contributed by atoms with Gasteiger partial charge in [-0.3, -0.25) is 4.98 Å². The van der Waals surface area contributed by atoms with Gasteiger partial charge in [0.25, 0.3) is 0 Å². The van der Waals surface area contributed by atoms with E-state index in [0.717, 1.165) is 0 Å². The molecular weight excluding hydrogens is 176 g/mol. The minimum absolute atomic E-state index is 0.249. The summed E-state index contributed by atoms with van der Waals surface area (Å²) in [6, 6.07) is 0. The fraction of sp³-hybridized carbons (Fsp3) is 0.167. The molecule has 1 rings (SSSR count). The lowest BCUT2D eigenvalue weighted by molar-refractivity contribution is 0.484. The number of nitrogens with zero attached hydrogens (tertiary/aromatic N) is 1. The predicted octanol–water partition coefficient (Wildman–Crippen LogP) is 2.86. The molecule has 0 N–H and O–H groups in total. The zero-order chi connectivity index (χ0) is 7.56. The van der Waals surface area contributed by atoms with Crippen molar-refractivity contribution in [2.75, 3.05) is 0 Å². The molecule has 1 nitrogen and oxygen atoms in total. The van der Waals surface area contributed by atoms with Crippen LogP contribution in [0.1, 0.15) is 5.56 Å². The van der Waals surface area contributed by atoms with Crippen molar-refractivity contribution in [3.63, 3.8) is 0 Å². The van der Waals surface area contributed by atoms with Crippen molar-refractivity contribution in [3.8, 4) is 0 Å². The molecule has 0 aliphatic carbocycles. The first-order valence-corrected chi connectivity index (χ1v) is 3.35. The van der Waals surface area contributed by atoms with Gasteiger partial charge in [0.05, 0.1) is 10.0 Å². The summed E-state index contributed by atoms with van der Waals surface area (Å²) in [5.41, 5.74) is 0.328. The highest BCUT2D eigenvalue weighted by Crippen LogP contribution is 2.24. The predicted molar refractivity (Wildman–Crippen MR) is 39.1 cm³/mol. The molecule has 0 spiro atoms. The first kappa shape index (κ1) is 7.76. The summed E-state index contributed by atoms with van der Waals surface area (Å²) in [4.78, 5) is 3.66. The van der Waals surface area contributed by atoms with Crippen molar-refractivity contribution >= 4 is 23.2 Å². The summed E-state index contributed by atoms with van der Waals surface area (Å²) in [6.45, 7) is -0.633. The van der Waals surface area contributed by atoms with E-state index in [1.54, 1.807) is 0 Å². The van der Waals surface area contributed by atoms with Gasteiger partial charge in [-0.15, -0.1) is 0 Å². The molecular formula is C6H4Cl2FN. The van der Waals surface area contributed by atoms with E-state index in [4.69, 9.17) is 23.2 Å². The zero-order valence-corrected chi connectivity index (χ0v) is 6.45.